The predicted octanol–water partition coefficient (Wildman–Crippen LogP) is 1.60. The van der Waals surface area contributed by atoms with E-state index in [1.54, 1.807) is 7.05 Å². The number of aromatic nitrogens is 1. The van der Waals surface area contributed by atoms with Crippen LogP contribution in [0.4, 0.5) is 4.79 Å². The van der Waals surface area contributed by atoms with Gasteiger partial charge in [0.2, 0.25) is 0 Å². The molecule has 0 saturated carbocycles. The summed E-state index contributed by atoms with van der Waals surface area (Å²) in [5.41, 5.74) is 2.18. The first-order valence-electron chi connectivity index (χ1n) is 4.82. The quantitative estimate of drug-likeness (QED) is 0.682. The van der Waals surface area contributed by atoms with Crippen molar-refractivity contribution in [3.8, 4) is 0 Å². The highest BCUT2D eigenvalue weighted by Crippen LogP contribution is 2.16. The maximum Gasteiger partial charge on any atom is 0.314 e. The van der Waals surface area contributed by atoms with Crippen molar-refractivity contribution in [3.63, 3.8) is 0 Å². The van der Waals surface area contributed by atoms with E-state index in [4.69, 9.17) is 0 Å². The molecule has 3 N–H and O–H groups in total. The van der Waals surface area contributed by atoms with E-state index in [0.29, 0.717) is 6.54 Å². The van der Waals surface area contributed by atoms with Gasteiger partial charge in [-0.05, 0) is 11.6 Å². The van der Waals surface area contributed by atoms with Crippen LogP contribution in [0.15, 0.2) is 30.5 Å². The molecule has 2 amide bonds. The number of rotatable bonds is 2. The highest BCUT2D eigenvalue weighted by molar-refractivity contribution is 5.83. The van der Waals surface area contributed by atoms with Gasteiger partial charge in [0.15, 0.2) is 0 Å². The predicted molar refractivity (Wildman–Crippen MR) is 59.6 cm³/mol. The van der Waals surface area contributed by atoms with Gasteiger partial charge in [-0.1, -0.05) is 18.2 Å². The van der Waals surface area contributed by atoms with Crippen LogP contribution in [0.5, 0.6) is 0 Å². The van der Waals surface area contributed by atoms with Crippen molar-refractivity contribution < 1.29 is 4.79 Å². The number of urea groups is 1. The van der Waals surface area contributed by atoms with Gasteiger partial charge in [-0.15, -0.1) is 0 Å². The molecule has 1 aromatic carbocycles. The lowest BCUT2D eigenvalue weighted by Gasteiger charge is -2.02. The Kier molecular flexibility index (Phi) is 2.58. The number of benzene rings is 1. The van der Waals surface area contributed by atoms with Crippen LogP contribution in [0.3, 0.4) is 0 Å². The normalized spacial score (nSPS) is 10.2. The van der Waals surface area contributed by atoms with E-state index in [9.17, 15) is 4.79 Å². The first-order chi connectivity index (χ1) is 7.31. The van der Waals surface area contributed by atoms with E-state index in [1.807, 2.05) is 30.5 Å². The Hall–Kier alpha value is -1.97. The summed E-state index contributed by atoms with van der Waals surface area (Å²) in [6.45, 7) is 0.531. The molecule has 15 heavy (non-hydrogen) atoms. The SMILES string of the molecule is CNC(=O)NCc1c[nH]c2ccccc12. The van der Waals surface area contributed by atoms with E-state index in [0.717, 1.165) is 16.5 Å². The van der Waals surface area contributed by atoms with E-state index in [1.165, 1.54) is 0 Å². The van der Waals surface area contributed by atoms with Crippen LogP contribution in [0, 0.1) is 0 Å². The molecule has 78 valence electrons. The summed E-state index contributed by atoms with van der Waals surface area (Å²) in [4.78, 5) is 14.2. The fraction of sp³-hybridized carbons (Fsp3) is 0.182. The van der Waals surface area contributed by atoms with Crippen molar-refractivity contribution in [1.29, 1.82) is 0 Å². The van der Waals surface area contributed by atoms with Crippen LogP contribution in [0.1, 0.15) is 5.56 Å². The average Bonchev–Trinajstić information content (AvgIpc) is 2.69. The number of fused-ring (bicyclic) bond motifs is 1. The molecular weight excluding hydrogens is 190 g/mol. The molecule has 0 aliphatic carbocycles. The number of hydrogen-bond donors (Lipinski definition) is 3. The number of para-hydroxylation sites is 1. The molecule has 2 rings (SSSR count). The number of carbonyl (C=O) groups excluding carboxylic acids is 1. The van der Waals surface area contributed by atoms with Crippen molar-refractivity contribution in [2.45, 2.75) is 6.54 Å². The Labute approximate surface area is 87.7 Å². The van der Waals surface area contributed by atoms with Crippen LogP contribution in [-0.4, -0.2) is 18.1 Å². The van der Waals surface area contributed by atoms with Crippen molar-refractivity contribution in [1.82, 2.24) is 15.6 Å². The van der Waals surface area contributed by atoms with Crippen LogP contribution in [0.2, 0.25) is 0 Å². The van der Waals surface area contributed by atoms with Crippen molar-refractivity contribution >= 4 is 16.9 Å². The van der Waals surface area contributed by atoms with Crippen LogP contribution in [-0.2, 0) is 6.54 Å². The number of carbonyl (C=O) groups is 1. The van der Waals surface area contributed by atoms with E-state index >= 15 is 0 Å². The molecule has 0 fully saturated rings. The van der Waals surface area contributed by atoms with Gasteiger partial charge in [0.25, 0.3) is 0 Å². The first kappa shape index (κ1) is 9.58. The minimum Gasteiger partial charge on any atom is -0.361 e. The summed E-state index contributed by atoms with van der Waals surface area (Å²) in [6.07, 6.45) is 1.92. The highest BCUT2D eigenvalue weighted by atomic mass is 16.2. The van der Waals surface area contributed by atoms with Crippen LogP contribution < -0.4 is 10.6 Å². The largest absolute Gasteiger partial charge is 0.361 e. The third-order valence-corrected chi connectivity index (χ3v) is 2.34. The maximum absolute atomic E-state index is 11.0. The fourth-order valence-corrected chi connectivity index (χ4v) is 1.54. The summed E-state index contributed by atoms with van der Waals surface area (Å²) >= 11 is 0. The van der Waals surface area contributed by atoms with Gasteiger partial charge >= 0.3 is 6.03 Å². The summed E-state index contributed by atoms with van der Waals surface area (Å²) < 4.78 is 0. The van der Waals surface area contributed by atoms with Gasteiger partial charge in [-0.2, -0.15) is 0 Å². The first-order valence-corrected chi connectivity index (χ1v) is 4.82. The smallest absolute Gasteiger partial charge is 0.314 e. The standard InChI is InChI=1S/C11H13N3O/c1-12-11(15)14-7-8-6-13-10-5-3-2-4-9(8)10/h2-6,13H,7H2,1H3,(H2,12,14,15). The molecule has 1 aromatic heterocycles. The number of hydrogen-bond acceptors (Lipinski definition) is 1. The fourth-order valence-electron chi connectivity index (χ4n) is 1.54. The molecule has 0 atom stereocenters. The van der Waals surface area contributed by atoms with Crippen LogP contribution >= 0.6 is 0 Å². The summed E-state index contributed by atoms with van der Waals surface area (Å²) in [6, 6.07) is 7.85. The lowest BCUT2D eigenvalue weighted by atomic mass is 10.2. The molecule has 0 saturated heterocycles. The minimum absolute atomic E-state index is 0.166. The Balaban J connectivity index is 2.18. The Morgan fingerprint density at radius 1 is 1.40 bits per heavy atom. The van der Waals surface area contributed by atoms with Gasteiger partial charge in [-0.25, -0.2) is 4.79 Å². The van der Waals surface area contributed by atoms with Gasteiger partial charge in [0, 0.05) is 30.7 Å². The van der Waals surface area contributed by atoms with E-state index in [2.05, 4.69) is 15.6 Å². The molecule has 0 spiro atoms. The second kappa shape index (κ2) is 4.04. The van der Waals surface area contributed by atoms with E-state index < -0.39 is 0 Å². The summed E-state index contributed by atoms with van der Waals surface area (Å²) in [5, 5.41) is 6.42. The molecule has 4 nitrogen and oxygen atoms in total. The molecule has 0 radical (unpaired) electrons. The zero-order valence-corrected chi connectivity index (χ0v) is 8.50. The van der Waals surface area contributed by atoms with Gasteiger partial charge in [-0.3, -0.25) is 0 Å². The Bertz CT molecular complexity index is 475. The zero-order chi connectivity index (χ0) is 10.7. The molecule has 0 bridgehead atoms. The molecule has 4 heteroatoms. The number of nitrogens with one attached hydrogen (secondary N) is 3. The molecule has 2 aromatic rings. The number of amides is 2. The van der Waals surface area contributed by atoms with Gasteiger partial charge in [0.05, 0.1) is 0 Å². The Morgan fingerprint density at radius 3 is 3.00 bits per heavy atom. The second-order valence-electron chi connectivity index (χ2n) is 3.29. The molecule has 1 heterocycles. The van der Waals surface area contributed by atoms with Crippen LogP contribution in [0.25, 0.3) is 10.9 Å². The third-order valence-electron chi connectivity index (χ3n) is 2.34. The maximum atomic E-state index is 11.0. The highest BCUT2D eigenvalue weighted by Gasteiger charge is 2.03. The Morgan fingerprint density at radius 2 is 2.20 bits per heavy atom. The second-order valence-corrected chi connectivity index (χ2v) is 3.29. The van der Waals surface area contributed by atoms with Crippen molar-refractivity contribution in [3.05, 3.63) is 36.0 Å². The zero-order valence-electron chi connectivity index (χ0n) is 8.50. The molecular formula is C11H13N3O. The lowest BCUT2D eigenvalue weighted by molar-refractivity contribution is 0.242. The van der Waals surface area contributed by atoms with Gasteiger partial charge in [0.1, 0.15) is 0 Å². The lowest BCUT2D eigenvalue weighted by Crippen LogP contribution is -2.31. The van der Waals surface area contributed by atoms with Crippen molar-refractivity contribution in [2.75, 3.05) is 7.05 Å². The molecule has 0 aliphatic heterocycles. The molecule has 0 aliphatic rings. The summed E-state index contributed by atoms with van der Waals surface area (Å²) in [7, 11) is 1.60. The van der Waals surface area contributed by atoms with E-state index in [-0.39, 0.29) is 6.03 Å². The minimum atomic E-state index is -0.166. The summed E-state index contributed by atoms with van der Waals surface area (Å²) in [5.74, 6) is 0. The topological polar surface area (TPSA) is 56.9 Å². The molecule has 0 unspecified atom stereocenters. The van der Waals surface area contributed by atoms with Crippen molar-refractivity contribution in [2.24, 2.45) is 0 Å². The monoisotopic (exact) mass is 203 g/mol. The average molecular weight is 203 g/mol. The number of H-pyrrole nitrogens is 1. The third kappa shape index (κ3) is 1.93. The number of aromatic amines is 1. The van der Waals surface area contributed by atoms with Gasteiger partial charge < -0.3 is 15.6 Å².